The van der Waals surface area contributed by atoms with Crippen molar-refractivity contribution in [3.05, 3.63) is 0 Å². The van der Waals surface area contributed by atoms with E-state index in [1.807, 2.05) is 0 Å². The van der Waals surface area contributed by atoms with E-state index >= 15 is 0 Å². The van der Waals surface area contributed by atoms with Crippen LogP contribution in [-0.2, 0) is 0 Å². The van der Waals surface area contributed by atoms with Gasteiger partial charge in [0.1, 0.15) is 0 Å². The Morgan fingerprint density at radius 1 is 1.05 bits per heavy atom. The summed E-state index contributed by atoms with van der Waals surface area (Å²) in [5.74, 6) is 4.53. The molecule has 3 aliphatic rings. The number of aliphatic hydroxyl groups excluding tert-OH is 1. The number of fused-ring (bicyclic) bond motifs is 5. The topological polar surface area (TPSA) is 32.3 Å². The van der Waals surface area contributed by atoms with Gasteiger partial charge in [0.2, 0.25) is 0 Å². The monoisotopic (exact) mass is 265 g/mol. The van der Waals surface area contributed by atoms with Crippen LogP contribution in [-0.4, -0.2) is 23.8 Å². The molecular formula is C17H31NO. The molecule has 3 aliphatic carbocycles. The fraction of sp³-hybridized carbons (Fsp3) is 1.00. The zero-order valence-corrected chi connectivity index (χ0v) is 12.6. The molecule has 0 aromatic carbocycles. The largest absolute Gasteiger partial charge is 0.392 e. The molecule has 0 heterocycles. The van der Waals surface area contributed by atoms with Crippen LogP contribution in [0.1, 0.15) is 58.8 Å². The fourth-order valence-corrected chi connectivity index (χ4v) is 5.57. The van der Waals surface area contributed by atoms with Crippen LogP contribution in [0.15, 0.2) is 0 Å². The van der Waals surface area contributed by atoms with E-state index in [1.54, 1.807) is 0 Å². The normalized spacial score (nSPS) is 42.0. The molecule has 2 N–H and O–H groups in total. The van der Waals surface area contributed by atoms with Gasteiger partial charge in [0.15, 0.2) is 0 Å². The van der Waals surface area contributed by atoms with Crippen molar-refractivity contribution >= 4 is 0 Å². The molecule has 6 atom stereocenters. The summed E-state index contributed by atoms with van der Waals surface area (Å²) in [5.41, 5.74) is 0. The third-order valence-corrected chi connectivity index (χ3v) is 6.61. The van der Waals surface area contributed by atoms with Crippen molar-refractivity contribution in [1.82, 2.24) is 5.32 Å². The number of hydrogen-bond acceptors (Lipinski definition) is 2. The van der Waals surface area contributed by atoms with E-state index in [9.17, 15) is 5.11 Å². The minimum atomic E-state index is -0.145. The fourth-order valence-electron chi connectivity index (χ4n) is 5.57. The predicted octanol–water partition coefficient (Wildman–Crippen LogP) is 3.20. The standard InChI is InChI=1S/C17H31NO/c1-3-11(4-2)17(19)10-18-16-9-12-8-15(16)14-7-5-6-13(12)14/h11-19H,3-10H2,1-2H3. The SMILES string of the molecule is CCC(CC)C(O)CNC1CC2CC1C1CCCC21. The van der Waals surface area contributed by atoms with Crippen LogP contribution in [0, 0.1) is 29.6 Å². The summed E-state index contributed by atoms with van der Waals surface area (Å²) in [4.78, 5) is 0. The summed E-state index contributed by atoms with van der Waals surface area (Å²) >= 11 is 0. The Bertz CT molecular complexity index is 302. The Balaban J connectivity index is 1.50. The smallest absolute Gasteiger partial charge is 0.0692 e. The van der Waals surface area contributed by atoms with Gasteiger partial charge in [-0.1, -0.05) is 33.1 Å². The third kappa shape index (κ3) is 2.47. The summed E-state index contributed by atoms with van der Waals surface area (Å²) in [6.45, 7) is 5.20. The lowest BCUT2D eigenvalue weighted by atomic mass is 9.79. The number of nitrogens with one attached hydrogen (secondary N) is 1. The molecule has 3 saturated carbocycles. The maximum Gasteiger partial charge on any atom is 0.0692 e. The van der Waals surface area contributed by atoms with E-state index in [-0.39, 0.29) is 6.10 Å². The molecule has 0 radical (unpaired) electrons. The highest BCUT2D eigenvalue weighted by Crippen LogP contribution is 2.58. The predicted molar refractivity (Wildman–Crippen MR) is 78.9 cm³/mol. The highest BCUT2D eigenvalue weighted by atomic mass is 16.3. The molecule has 19 heavy (non-hydrogen) atoms. The van der Waals surface area contributed by atoms with Crippen molar-refractivity contribution in [2.24, 2.45) is 29.6 Å². The molecule has 0 spiro atoms. The van der Waals surface area contributed by atoms with Gasteiger partial charge >= 0.3 is 0 Å². The van der Waals surface area contributed by atoms with Gasteiger partial charge in [-0.05, 0) is 55.3 Å². The second kappa shape index (κ2) is 5.73. The Hall–Kier alpha value is -0.0800. The molecule has 2 bridgehead atoms. The summed E-state index contributed by atoms with van der Waals surface area (Å²) in [6.07, 6.45) is 9.39. The number of aliphatic hydroxyl groups is 1. The molecule has 110 valence electrons. The molecule has 6 unspecified atom stereocenters. The van der Waals surface area contributed by atoms with Gasteiger partial charge in [0, 0.05) is 12.6 Å². The van der Waals surface area contributed by atoms with E-state index in [4.69, 9.17) is 0 Å². The van der Waals surface area contributed by atoms with E-state index in [0.29, 0.717) is 12.0 Å². The highest BCUT2D eigenvalue weighted by molar-refractivity contribution is 5.05. The summed E-state index contributed by atoms with van der Waals surface area (Å²) in [7, 11) is 0. The van der Waals surface area contributed by atoms with Crippen LogP contribution >= 0.6 is 0 Å². The molecule has 2 heteroatoms. The molecule has 0 aromatic rings. The van der Waals surface area contributed by atoms with Crippen molar-refractivity contribution in [2.45, 2.75) is 70.9 Å². The molecule has 3 rings (SSSR count). The van der Waals surface area contributed by atoms with Crippen LogP contribution < -0.4 is 5.32 Å². The van der Waals surface area contributed by atoms with Crippen LogP contribution in [0.25, 0.3) is 0 Å². The molecule has 0 amide bonds. The van der Waals surface area contributed by atoms with E-state index in [0.717, 1.165) is 43.1 Å². The summed E-state index contributed by atoms with van der Waals surface area (Å²) < 4.78 is 0. The maximum absolute atomic E-state index is 10.3. The second-order valence-corrected chi connectivity index (χ2v) is 7.31. The van der Waals surface area contributed by atoms with Gasteiger partial charge in [0.25, 0.3) is 0 Å². The van der Waals surface area contributed by atoms with Crippen molar-refractivity contribution in [2.75, 3.05) is 6.54 Å². The van der Waals surface area contributed by atoms with Crippen molar-refractivity contribution in [3.8, 4) is 0 Å². The van der Waals surface area contributed by atoms with Crippen LogP contribution in [0.2, 0.25) is 0 Å². The van der Waals surface area contributed by atoms with Crippen LogP contribution in [0.4, 0.5) is 0 Å². The quantitative estimate of drug-likeness (QED) is 0.773. The summed E-state index contributed by atoms with van der Waals surface area (Å²) in [5, 5.41) is 14.0. The van der Waals surface area contributed by atoms with Gasteiger partial charge < -0.3 is 10.4 Å². The van der Waals surface area contributed by atoms with Crippen molar-refractivity contribution < 1.29 is 5.11 Å². The first kappa shape index (κ1) is 13.9. The Labute approximate surface area is 118 Å². The van der Waals surface area contributed by atoms with Gasteiger partial charge in [-0.2, -0.15) is 0 Å². The Kier molecular flexibility index (Phi) is 4.19. The zero-order chi connectivity index (χ0) is 13.4. The number of rotatable bonds is 6. The zero-order valence-electron chi connectivity index (χ0n) is 12.6. The van der Waals surface area contributed by atoms with E-state index in [2.05, 4.69) is 19.2 Å². The average Bonchev–Trinajstić information content (AvgIpc) is 3.09. The minimum Gasteiger partial charge on any atom is -0.392 e. The first-order chi connectivity index (χ1) is 9.24. The first-order valence-electron chi connectivity index (χ1n) is 8.66. The average molecular weight is 265 g/mol. The Morgan fingerprint density at radius 3 is 2.53 bits per heavy atom. The van der Waals surface area contributed by atoms with E-state index in [1.165, 1.54) is 32.1 Å². The van der Waals surface area contributed by atoms with Crippen molar-refractivity contribution in [1.29, 1.82) is 0 Å². The molecule has 0 saturated heterocycles. The van der Waals surface area contributed by atoms with Gasteiger partial charge in [-0.15, -0.1) is 0 Å². The lowest BCUT2D eigenvalue weighted by Gasteiger charge is -2.33. The molecular weight excluding hydrogens is 234 g/mol. The molecule has 2 nitrogen and oxygen atoms in total. The van der Waals surface area contributed by atoms with Crippen LogP contribution in [0.5, 0.6) is 0 Å². The molecule has 0 aliphatic heterocycles. The van der Waals surface area contributed by atoms with E-state index < -0.39 is 0 Å². The second-order valence-electron chi connectivity index (χ2n) is 7.31. The minimum absolute atomic E-state index is 0.145. The number of hydrogen-bond donors (Lipinski definition) is 2. The van der Waals surface area contributed by atoms with Gasteiger partial charge in [-0.3, -0.25) is 0 Å². The molecule has 3 fully saturated rings. The lowest BCUT2D eigenvalue weighted by Crippen LogP contribution is -2.44. The van der Waals surface area contributed by atoms with Crippen LogP contribution in [0.3, 0.4) is 0 Å². The van der Waals surface area contributed by atoms with Crippen molar-refractivity contribution in [3.63, 3.8) is 0 Å². The maximum atomic E-state index is 10.3. The third-order valence-electron chi connectivity index (χ3n) is 6.61. The highest BCUT2D eigenvalue weighted by Gasteiger charge is 2.53. The Morgan fingerprint density at radius 2 is 1.79 bits per heavy atom. The van der Waals surface area contributed by atoms with Gasteiger partial charge in [-0.25, -0.2) is 0 Å². The summed E-state index contributed by atoms with van der Waals surface area (Å²) in [6, 6.07) is 0.716. The molecule has 0 aromatic heterocycles. The van der Waals surface area contributed by atoms with Gasteiger partial charge in [0.05, 0.1) is 6.10 Å². The lowest BCUT2D eigenvalue weighted by molar-refractivity contribution is 0.0909. The first-order valence-corrected chi connectivity index (χ1v) is 8.66.